The molecule has 0 aromatic heterocycles. The molecule has 3 aromatic carbocycles. The van der Waals surface area contributed by atoms with Gasteiger partial charge in [-0.25, -0.2) is 0 Å². The van der Waals surface area contributed by atoms with Crippen LogP contribution >= 0.6 is 0 Å². The topological polar surface area (TPSA) is 0 Å². The monoisotopic (exact) mass is 406 g/mol. The summed E-state index contributed by atoms with van der Waals surface area (Å²) in [6.45, 7) is 24.9. The Balaban J connectivity index is 2.63. The van der Waals surface area contributed by atoms with E-state index >= 15 is 0 Å². The number of fused-ring (bicyclic) bond motifs is 2. The lowest BCUT2D eigenvalue weighted by molar-refractivity contribution is 0.729. The van der Waals surface area contributed by atoms with E-state index in [1.54, 1.807) is 10.4 Å². The van der Waals surface area contributed by atoms with Crippen molar-refractivity contribution in [3.63, 3.8) is 0 Å². The van der Waals surface area contributed by atoms with Gasteiger partial charge in [0.1, 0.15) is 0 Å². The molecular formula is C26H38Si2. The van der Waals surface area contributed by atoms with E-state index in [2.05, 4.69) is 116 Å². The zero-order valence-corrected chi connectivity index (χ0v) is 21.6. The molecule has 0 amide bonds. The summed E-state index contributed by atoms with van der Waals surface area (Å²) in [4.78, 5) is 0. The molecule has 0 nitrogen and oxygen atoms in total. The van der Waals surface area contributed by atoms with Crippen molar-refractivity contribution in [3.8, 4) is 0 Å². The van der Waals surface area contributed by atoms with Crippen molar-refractivity contribution in [2.24, 2.45) is 0 Å². The standard InChI is InChI=1S/C26H38Si2/c1-25(2,3)27(7,8)23-19-15-11-13-17-21(19)24(28(9,10)26(4,5)6)22-18-14-12-16-20(22)23/h11-18H,1-10H3. The van der Waals surface area contributed by atoms with Gasteiger partial charge in [-0.05, 0) is 42.0 Å². The van der Waals surface area contributed by atoms with Crippen LogP contribution in [0, 0.1) is 0 Å². The van der Waals surface area contributed by atoms with Gasteiger partial charge in [0, 0.05) is 0 Å². The molecule has 0 aliphatic heterocycles. The molecule has 0 saturated heterocycles. The molecule has 3 rings (SSSR count). The smallest absolute Gasteiger partial charge is 0.0650 e. The van der Waals surface area contributed by atoms with E-state index in [0.717, 1.165) is 0 Å². The third-order valence-electron chi connectivity index (χ3n) is 7.93. The van der Waals surface area contributed by atoms with Crippen molar-refractivity contribution < 1.29 is 0 Å². The number of benzene rings is 3. The van der Waals surface area contributed by atoms with Crippen LogP contribution in [0.25, 0.3) is 21.5 Å². The average molecular weight is 407 g/mol. The van der Waals surface area contributed by atoms with E-state index in [-0.39, 0.29) is 0 Å². The first-order valence-electron chi connectivity index (χ1n) is 10.7. The maximum atomic E-state index is 2.56. The molecule has 3 aromatic rings. The fourth-order valence-corrected chi connectivity index (χ4v) is 9.29. The lowest BCUT2D eigenvalue weighted by atomic mass is 10.0. The molecule has 0 saturated carbocycles. The van der Waals surface area contributed by atoms with Crippen LogP contribution in [0.2, 0.25) is 36.3 Å². The Morgan fingerprint density at radius 2 is 0.679 bits per heavy atom. The summed E-state index contributed by atoms with van der Waals surface area (Å²) in [6, 6.07) is 18.5. The highest BCUT2D eigenvalue weighted by Gasteiger charge is 2.43. The number of rotatable bonds is 2. The molecule has 0 bridgehead atoms. The molecule has 0 spiro atoms. The van der Waals surface area contributed by atoms with Crippen molar-refractivity contribution in [3.05, 3.63) is 48.5 Å². The van der Waals surface area contributed by atoms with Crippen molar-refractivity contribution in [2.45, 2.75) is 77.8 Å². The second kappa shape index (κ2) is 6.57. The van der Waals surface area contributed by atoms with E-state index in [1.807, 2.05) is 0 Å². The van der Waals surface area contributed by atoms with Crippen LogP contribution in [0.3, 0.4) is 0 Å². The minimum absolute atomic E-state index is 0.303. The summed E-state index contributed by atoms with van der Waals surface area (Å²) in [5, 5.41) is 9.93. The third kappa shape index (κ3) is 3.09. The Kier molecular flexibility index (Phi) is 5.00. The Morgan fingerprint density at radius 1 is 0.464 bits per heavy atom. The second-order valence-corrected chi connectivity index (χ2v) is 22.1. The van der Waals surface area contributed by atoms with Gasteiger partial charge in [-0.3, -0.25) is 0 Å². The first-order valence-corrected chi connectivity index (χ1v) is 16.7. The zero-order valence-electron chi connectivity index (χ0n) is 19.6. The van der Waals surface area contributed by atoms with Crippen LogP contribution in [0.1, 0.15) is 41.5 Å². The highest BCUT2D eigenvalue weighted by molar-refractivity contribution is 6.98. The highest BCUT2D eigenvalue weighted by atomic mass is 28.3. The molecule has 0 radical (unpaired) electrons. The molecule has 0 N–H and O–H groups in total. The summed E-state index contributed by atoms with van der Waals surface area (Å²) in [6.07, 6.45) is 0. The van der Waals surface area contributed by atoms with E-state index in [0.29, 0.717) is 10.1 Å². The first kappa shape index (κ1) is 21.3. The Labute approximate surface area is 174 Å². The summed E-state index contributed by atoms with van der Waals surface area (Å²) >= 11 is 0. The molecule has 0 atom stereocenters. The molecule has 0 heterocycles. The van der Waals surface area contributed by atoms with Crippen molar-refractivity contribution >= 4 is 48.1 Å². The van der Waals surface area contributed by atoms with Crippen LogP contribution in [-0.2, 0) is 0 Å². The molecule has 150 valence electrons. The molecule has 2 heteroatoms. The maximum absolute atomic E-state index is 2.56. The third-order valence-corrected chi connectivity index (χ3v) is 19.0. The summed E-state index contributed by atoms with van der Waals surface area (Å²) < 4.78 is 0. The molecule has 28 heavy (non-hydrogen) atoms. The van der Waals surface area contributed by atoms with Gasteiger partial charge >= 0.3 is 0 Å². The number of hydrogen-bond acceptors (Lipinski definition) is 0. The highest BCUT2D eigenvalue weighted by Crippen LogP contribution is 2.41. The van der Waals surface area contributed by atoms with Crippen molar-refractivity contribution in [1.82, 2.24) is 0 Å². The van der Waals surface area contributed by atoms with E-state index in [4.69, 9.17) is 0 Å². The second-order valence-electron chi connectivity index (χ2n) is 11.6. The Hall–Kier alpha value is -1.39. The van der Waals surface area contributed by atoms with Crippen LogP contribution in [-0.4, -0.2) is 16.1 Å². The predicted octanol–water partition coefficient (Wildman–Crippen LogP) is 7.42. The van der Waals surface area contributed by atoms with Gasteiger partial charge in [-0.15, -0.1) is 0 Å². The van der Waals surface area contributed by atoms with Gasteiger partial charge in [0.05, 0.1) is 16.1 Å². The Bertz CT molecular complexity index is 887. The lowest BCUT2D eigenvalue weighted by Crippen LogP contribution is -2.54. The summed E-state index contributed by atoms with van der Waals surface area (Å²) in [5.41, 5.74) is 0. The average Bonchev–Trinajstić information content (AvgIpc) is 2.56. The van der Waals surface area contributed by atoms with Crippen molar-refractivity contribution in [2.75, 3.05) is 0 Å². The van der Waals surface area contributed by atoms with Crippen LogP contribution in [0.4, 0.5) is 0 Å². The van der Waals surface area contributed by atoms with E-state index < -0.39 is 16.1 Å². The quantitative estimate of drug-likeness (QED) is 0.307. The van der Waals surface area contributed by atoms with Gasteiger partial charge in [-0.2, -0.15) is 0 Å². The fraction of sp³-hybridized carbons (Fsp3) is 0.462. The minimum atomic E-state index is -1.72. The first-order chi connectivity index (χ1) is 12.7. The summed E-state index contributed by atoms with van der Waals surface area (Å²) in [5.74, 6) is 0. The molecule has 0 aliphatic rings. The molecule has 0 fully saturated rings. The zero-order chi connectivity index (χ0) is 21.1. The van der Waals surface area contributed by atoms with E-state index in [1.165, 1.54) is 21.5 Å². The predicted molar refractivity (Wildman–Crippen MR) is 135 cm³/mol. The molecular weight excluding hydrogens is 368 g/mol. The molecule has 0 aliphatic carbocycles. The van der Waals surface area contributed by atoms with Crippen LogP contribution in [0.15, 0.2) is 48.5 Å². The Morgan fingerprint density at radius 3 is 0.857 bits per heavy atom. The van der Waals surface area contributed by atoms with Gasteiger partial charge in [0.15, 0.2) is 0 Å². The van der Waals surface area contributed by atoms with Crippen LogP contribution < -0.4 is 10.4 Å². The SMILES string of the molecule is CC(C)(C)[Si](C)(C)c1c2ccccc2c([Si](C)(C)C(C)(C)C)c2ccccc12. The molecule has 0 unspecified atom stereocenters. The lowest BCUT2D eigenvalue weighted by Gasteiger charge is -2.42. The van der Waals surface area contributed by atoms with Gasteiger partial charge in [0.25, 0.3) is 0 Å². The minimum Gasteiger partial charge on any atom is -0.0650 e. The number of hydrogen-bond donors (Lipinski definition) is 0. The van der Waals surface area contributed by atoms with Gasteiger partial charge in [0.2, 0.25) is 0 Å². The maximum Gasteiger partial charge on any atom is 0.0875 e. The van der Waals surface area contributed by atoms with Crippen LogP contribution in [0.5, 0.6) is 0 Å². The van der Waals surface area contributed by atoms with Gasteiger partial charge < -0.3 is 0 Å². The summed E-state index contributed by atoms with van der Waals surface area (Å²) in [7, 11) is -3.44. The fourth-order valence-electron chi connectivity index (χ4n) is 4.23. The largest absolute Gasteiger partial charge is 0.0875 e. The van der Waals surface area contributed by atoms with Gasteiger partial charge in [-0.1, -0.05) is 116 Å². The van der Waals surface area contributed by atoms with E-state index in [9.17, 15) is 0 Å². The van der Waals surface area contributed by atoms with Crippen molar-refractivity contribution in [1.29, 1.82) is 0 Å². The normalized spacial score (nSPS) is 14.1.